The molecule has 4 heteroatoms. The summed E-state index contributed by atoms with van der Waals surface area (Å²) >= 11 is 3.23. The van der Waals surface area contributed by atoms with Gasteiger partial charge in [0.1, 0.15) is 5.82 Å². The van der Waals surface area contributed by atoms with Crippen molar-refractivity contribution in [3.8, 4) is 0 Å². The second-order valence-corrected chi connectivity index (χ2v) is 4.87. The van der Waals surface area contributed by atoms with Gasteiger partial charge in [-0.1, -0.05) is 34.8 Å². The van der Waals surface area contributed by atoms with E-state index in [0.717, 1.165) is 16.8 Å². The van der Waals surface area contributed by atoms with Crippen LogP contribution in [0.2, 0.25) is 0 Å². The Labute approximate surface area is 104 Å². The highest BCUT2D eigenvalue weighted by molar-refractivity contribution is 9.10. The van der Waals surface area contributed by atoms with Crippen LogP contribution < -0.4 is 5.73 Å². The Bertz CT molecular complexity index is 341. The average Bonchev–Trinajstić information content (AvgIpc) is 2.87. The van der Waals surface area contributed by atoms with Gasteiger partial charge in [-0.15, -0.1) is 12.4 Å². The lowest BCUT2D eigenvalue weighted by Crippen LogP contribution is -2.12. The summed E-state index contributed by atoms with van der Waals surface area (Å²) in [6, 6.07) is 4.94. The maximum absolute atomic E-state index is 13.5. The Morgan fingerprint density at radius 3 is 2.67 bits per heavy atom. The van der Waals surface area contributed by atoms with Crippen molar-refractivity contribution in [3.63, 3.8) is 0 Å². The molecule has 1 aliphatic rings. The first-order valence-corrected chi connectivity index (χ1v) is 5.66. The summed E-state index contributed by atoms with van der Waals surface area (Å²) in [5.74, 6) is 0.528. The highest BCUT2D eigenvalue weighted by Gasteiger charge is 2.25. The van der Waals surface area contributed by atoms with Gasteiger partial charge >= 0.3 is 0 Å². The third kappa shape index (κ3) is 3.44. The largest absolute Gasteiger partial charge is 0.324 e. The third-order valence-electron chi connectivity index (χ3n) is 2.65. The molecule has 0 saturated heterocycles. The van der Waals surface area contributed by atoms with Crippen molar-refractivity contribution in [2.75, 3.05) is 0 Å². The van der Waals surface area contributed by atoms with Gasteiger partial charge < -0.3 is 5.73 Å². The van der Waals surface area contributed by atoms with E-state index in [4.69, 9.17) is 5.73 Å². The quantitative estimate of drug-likeness (QED) is 0.901. The minimum Gasteiger partial charge on any atom is -0.324 e. The summed E-state index contributed by atoms with van der Waals surface area (Å²) in [4.78, 5) is 0. The first-order chi connectivity index (χ1) is 6.66. The van der Waals surface area contributed by atoms with Crippen LogP contribution in [0.5, 0.6) is 0 Å². The fraction of sp³-hybridized carbons (Fsp3) is 0.455. The molecule has 0 bridgehead atoms. The minimum atomic E-state index is -0.201. The van der Waals surface area contributed by atoms with Crippen molar-refractivity contribution in [1.82, 2.24) is 0 Å². The highest BCUT2D eigenvalue weighted by Crippen LogP contribution is 2.37. The molecule has 15 heavy (non-hydrogen) atoms. The number of hydrogen-bond donors (Lipinski definition) is 1. The summed E-state index contributed by atoms with van der Waals surface area (Å²) in [7, 11) is 0. The predicted octanol–water partition coefficient (Wildman–Crippen LogP) is 3.81. The van der Waals surface area contributed by atoms with Gasteiger partial charge in [-0.3, -0.25) is 0 Å². The van der Waals surface area contributed by atoms with Crippen molar-refractivity contribution in [2.24, 2.45) is 11.7 Å². The summed E-state index contributed by atoms with van der Waals surface area (Å²) < 4.78 is 14.2. The van der Waals surface area contributed by atoms with Crippen molar-refractivity contribution >= 4 is 28.3 Å². The van der Waals surface area contributed by atoms with Gasteiger partial charge in [0.2, 0.25) is 0 Å². The molecule has 2 N–H and O–H groups in total. The van der Waals surface area contributed by atoms with Gasteiger partial charge in [0.05, 0.1) is 0 Å². The highest BCUT2D eigenvalue weighted by atomic mass is 79.9. The third-order valence-corrected chi connectivity index (χ3v) is 3.14. The average molecular weight is 295 g/mol. The molecule has 0 unspecified atom stereocenters. The Kier molecular flexibility index (Phi) is 4.56. The van der Waals surface area contributed by atoms with Crippen LogP contribution in [0.15, 0.2) is 22.7 Å². The molecule has 0 spiro atoms. The van der Waals surface area contributed by atoms with Crippen LogP contribution >= 0.6 is 28.3 Å². The number of benzene rings is 1. The second-order valence-electron chi connectivity index (χ2n) is 3.95. The standard InChI is InChI=1S/C11H13BrFN.ClH/c12-8-3-4-9(10(13)6-8)11(14)5-7-1-2-7;/h3-4,6-7,11H,1-2,5,14H2;1H/t11-;/m1./s1. The van der Waals surface area contributed by atoms with Crippen LogP contribution in [0.25, 0.3) is 0 Å². The van der Waals surface area contributed by atoms with E-state index in [2.05, 4.69) is 15.9 Å². The van der Waals surface area contributed by atoms with E-state index in [9.17, 15) is 4.39 Å². The van der Waals surface area contributed by atoms with Crippen LogP contribution in [0, 0.1) is 11.7 Å². The van der Waals surface area contributed by atoms with E-state index >= 15 is 0 Å². The molecule has 1 aromatic rings. The van der Waals surface area contributed by atoms with Crippen LogP contribution in [0.3, 0.4) is 0 Å². The number of rotatable bonds is 3. The molecular weight excluding hydrogens is 280 g/mol. The SMILES string of the molecule is Cl.N[C@H](CC1CC1)c1ccc(Br)cc1F. The summed E-state index contributed by atoms with van der Waals surface area (Å²) in [5.41, 5.74) is 6.57. The normalized spacial score (nSPS) is 17.0. The Balaban J connectivity index is 0.00000112. The first-order valence-electron chi connectivity index (χ1n) is 4.87. The van der Waals surface area contributed by atoms with Gasteiger partial charge in [-0.2, -0.15) is 0 Å². The van der Waals surface area contributed by atoms with Crippen LogP contribution in [0.1, 0.15) is 30.9 Å². The van der Waals surface area contributed by atoms with E-state index in [0.29, 0.717) is 5.56 Å². The second kappa shape index (κ2) is 5.28. The van der Waals surface area contributed by atoms with Crippen molar-refractivity contribution < 1.29 is 4.39 Å². The first kappa shape index (κ1) is 12.9. The monoisotopic (exact) mass is 293 g/mol. The van der Waals surface area contributed by atoms with Crippen LogP contribution in [-0.2, 0) is 0 Å². The Morgan fingerprint density at radius 2 is 2.13 bits per heavy atom. The molecule has 0 heterocycles. The smallest absolute Gasteiger partial charge is 0.129 e. The lowest BCUT2D eigenvalue weighted by molar-refractivity contribution is 0.542. The lowest BCUT2D eigenvalue weighted by Gasteiger charge is -2.12. The van der Waals surface area contributed by atoms with Crippen molar-refractivity contribution in [1.29, 1.82) is 0 Å². The van der Waals surface area contributed by atoms with Crippen LogP contribution in [-0.4, -0.2) is 0 Å². The fourth-order valence-electron chi connectivity index (χ4n) is 1.64. The Hall–Kier alpha value is -0.120. The van der Waals surface area contributed by atoms with E-state index in [1.54, 1.807) is 6.07 Å². The van der Waals surface area contributed by atoms with Gasteiger partial charge in [0.15, 0.2) is 0 Å². The molecule has 1 fully saturated rings. The summed E-state index contributed by atoms with van der Waals surface area (Å²) in [6.07, 6.45) is 3.43. The van der Waals surface area contributed by atoms with Gasteiger partial charge in [-0.05, 0) is 24.5 Å². The molecule has 0 aromatic heterocycles. The zero-order valence-corrected chi connectivity index (χ0v) is 10.7. The molecule has 1 atom stereocenters. The molecule has 0 aliphatic heterocycles. The molecule has 0 radical (unpaired) electrons. The summed E-state index contributed by atoms with van der Waals surface area (Å²) in [6.45, 7) is 0. The van der Waals surface area contributed by atoms with E-state index in [1.807, 2.05) is 6.07 Å². The molecule has 1 saturated carbocycles. The van der Waals surface area contributed by atoms with Crippen LogP contribution in [0.4, 0.5) is 4.39 Å². The maximum atomic E-state index is 13.5. The molecule has 1 aromatic carbocycles. The molecular formula is C11H14BrClFN. The molecule has 84 valence electrons. The molecule has 1 aliphatic carbocycles. The molecule has 0 amide bonds. The number of hydrogen-bond acceptors (Lipinski definition) is 1. The molecule has 1 nitrogen and oxygen atoms in total. The topological polar surface area (TPSA) is 26.0 Å². The summed E-state index contributed by atoms with van der Waals surface area (Å²) in [5, 5.41) is 0. The van der Waals surface area contributed by atoms with E-state index in [1.165, 1.54) is 18.9 Å². The van der Waals surface area contributed by atoms with Gasteiger partial charge in [0.25, 0.3) is 0 Å². The van der Waals surface area contributed by atoms with E-state index < -0.39 is 0 Å². The fourth-order valence-corrected chi connectivity index (χ4v) is 1.97. The zero-order valence-electron chi connectivity index (χ0n) is 8.25. The van der Waals surface area contributed by atoms with Gasteiger partial charge in [-0.25, -0.2) is 4.39 Å². The van der Waals surface area contributed by atoms with Gasteiger partial charge in [0, 0.05) is 16.1 Å². The Morgan fingerprint density at radius 1 is 1.47 bits per heavy atom. The lowest BCUT2D eigenvalue weighted by atomic mass is 10.0. The number of nitrogens with two attached hydrogens (primary N) is 1. The molecule has 2 rings (SSSR count). The maximum Gasteiger partial charge on any atom is 0.129 e. The minimum absolute atomic E-state index is 0. The number of halogens is 3. The van der Waals surface area contributed by atoms with Crippen molar-refractivity contribution in [3.05, 3.63) is 34.1 Å². The van der Waals surface area contributed by atoms with Crippen molar-refractivity contribution in [2.45, 2.75) is 25.3 Å². The van der Waals surface area contributed by atoms with E-state index in [-0.39, 0.29) is 24.3 Å². The zero-order chi connectivity index (χ0) is 10.1. The predicted molar refractivity (Wildman–Crippen MR) is 65.6 cm³/mol.